The number of primary amides is 1. The summed E-state index contributed by atoms with van der Waals surface area (Å²) in [5.74, 6) is -1.39. The maximum Gasteiger partial charge on any atom is 0.253 e. The highest BCUT2D eigenvalue weighted by Gasteiger charge is 2.40. The number of hydrogen-bond acceptors (Lipinski definition) is 6. The second-order valence-corrected chi connectivity index (χ2v) is 6.21. The van der Waals surface area contributed by atoms with Gasteiger partial charge in [-0.1, -0.05) is 24.3 Å². The Balaban J connectivity index is 1.56. The minimum atomic E-state index is -0.902. The number of carbonyl (C=O) groups is 1. The van der Waals surface area contributed by atoms with Crippen LogP contribution in [0.4, 0.5) is 0 Å². The van der Waals surface area contributed by atoms with Crippen molar-refractivity contribution in [3.05, 3.63) is 35.4 Å². The number of benzene rings is 1. The highest BCUT2D eigenvalue weighted by molar-refractivity contribution is 6.39. The third-order valence-corrected chi connectivity index (χ3v) is 4.87. The molecule has 3 aliphatic rings. The summed E-state index contributed by atoms with van der Waals surface area (Å²) in [7, 11) is 0. The Hall–Kier alpha value is -2.67. The van der Waals surface area contributed by atoms with E-state index in [0.717, 1.165) is 18.4 Å². The van der Waals surface area contributed by atoms with Gasteiger partial charge in [-0.25, -0.2) is 20.0 Å². The standard InChI is InChI=1S/C17H18N6O/c18-16(24)15-12(6-5-11-3-1-2-4-13(11)15)7-21-17-14(20-10-23-17)8-19-9-22-17/h1-4,8-10,12,15,21H,5-7H2,(H2,18,24). The third-order valence-electron chi connectivity index (χ3n) is 4.87. The first-order chi connectivity index (χ1) is 11.7. The van der Waals surface area contributed by atoms with Crippen LogP contribution in [0.5, 0.6) is 0 Å². The average Bonchev–Trinajstić information content (AvgIpc) is 3.03. The molecule has 7 heteroatoms. The van der Waals surface area contributed by atoms with Gasteiger partial charge in [0, 0.05) is 6.54 Å². The Morgan fingerprint density at radius 1 is 1.29 bits per heavy atom. The van der Waals surface area contributed by atoms with Gasteiger partial charge < -0.3 is 5.73 Å². The number of nitrogens with zero attached hydrogens (tertiary/aromatic N) is 4. The highest BCUT2D eigenvalue weighted by Crippen LogP contribution is 2.36. The van der Waals surface area contributed by atoms with Gasteiger partial charge >= 0.3 is 0 Å². The van der Waals surface area contributed by atoms with E-state index >= 15 is 0 Å². The van der Waals surface area contributed by atoms with Gasteiger partial charge in [0.15, 0.2) is 0 Å². The lowest BCUT2D eigenvalue weighted by atomic mass is 9.74. The molecule has 0 spiro atoms. The number of aryl methyl sites for hydroxylation is 1. The van der Waals surface area contributed by atoms with Crippen molar-refractivity contribution in [2.24, 2.45) is 31.6 Å². The summed E-state index contributed by atoms with van der Waals surface area (Å²) in [5.41, 5.74) is 8.63. The SMILES string of the molecule is NC(=O)C1c2ccccc2CCC1CNC12N=CN=CC1=NC=N2. The van der Waals surface area contributed by atoms with Gasteiger partial charge in [0.25, 0.3) is 5.79 Å². The molecule has 7 nitrogen and oxygen atoms in total. The number of rotatable bonds is 4. The molecule has 4 rings (SSSR count). The van der Waals surface area contributed by atoms with Crippen LogP contribution in [0, 0.1) is 5.92 Å². The van der Waals surface area contributed by atoms with Crippen molar-refractivity contribution in [2.75, 3.05) is 6.54 Å². The highest BCUT2D eigenvalue weighted by atomic mass is 16.1. The fourth-order valence-corrected chi connectivity index (χ4v) is 3.66. The molecule has 0 saturated heterocycles. The van der Waals surface area contributed by atoms with Gasteiger partial charge in [-0.2, -0.15) is 0 Å². The summed E-state index contributed by atoms with van der Waals surface area (Å²) < 4.78 is 0. The van der Waals surface area contributed by atoms with E-state index in [2.05, 4.69) is 31.4 Å². The van der Waals surface area contributed by atoms with E-state index in [4.69, 9.17) is 5.73 Å². The second-order valence-electron chi connectivity index (χ2n) is 6.21. The van der Waals surface area contributed by atoms with Crippen LogP contribution in [0.15, 0.2) is 44.2 Å². The average molecular weight is 322 g/mol. The number of hydrogen-bond donors (Lipinski definition) is 2. The largest absolute Gasteiger partial charge is 0.369 e. The molecule has 2 heterocycles. The van der Waals surface area contributed by atoms with Crippen molar-refractivity contribution in [3.8, 4) is 0 Å². The van der Waals surface area contributed by atoms with E-state index in [1.165, 1.54) is 18.2 Å². The van der Waals surface area contributed by atoms with Crippen LogP contribution in [-0.2, 0) is 11.2 Å². The summed E-state index contributed by atoms with van der Waals surface area (Å²) in [6, 6.07) is 8.03. The lowest BCUT2D eigenvalue weighted by Gasteiger charge is -2.34. The van der Waals surface area contributed by atoms with Gasteiger partial charge in [-0.15, -0.1) is 0 Å². The molecular weight excluding hydrogens is 304 g/mol. The molecule has 122 valence electrons. The molecule has 2 aliphatic heterocycles. The minimum Gasteiger partial charge on any atom is -0.369 e. The number of nitrogens with one attached hydrogen (secondary N) is 1. The summed E-state index contributed by atoms with van der Waals surface area (Å²) in [6.45, 7) is 0.573. The molecule has 0 radical (unpaired) electrons. The summed E-state index contributed by atoms with van der Waals surface area (Å²) in [6.07, 6.45) is 6.43. The zero-order valence-electron chi connectivity index (χ0n) is 13.1. The van der Waals surface area contributed by atoms with E-state index < -0.39 is 5.79 Å². The molecule has 1 amide bonds. The van der Waals surface area contributed by atoms with Crippen molar-refractivity contribution >= 4 is 30.5 Å². The summed E-state index contributed by atoms with van der Waals surface area (Å²) in [4.78, 5) is 29.0. The van der Waals surface area contributed by atoms with Crippen molar-refractivity contribution < 1.29 is 4.79 Å². The first-order valence-corrected chi connectivity index (χ1v) is 8.00. The predicted molar refractivity (Wildman–Crippen MR) is 93.8 cm³/mol. The lowest BCUT2D eigenvalue weighted by Crippen LogP contribution is -2.52. The van der Waals surface area contributed by atoms with E-state index in [1.54, 1.807) is 6.21 Å². The van der Waals surface area contributed by atoms with Crippen LogP contribution >= 0.6 is 0 Å². The van der Waals surface area contributed by atoms with Crippen molar-refractivity contribution in [1.29, 1.82) is 0 Å². The fourth-order valence-electron chi connectivity index (χ4n) is 3.66. The van der Waals surface area contributed by atoms with Crippen LogP contribution in [0.1, 0.15) is 23.5 Å². The lowest BCUT2D eigenvalue weighted by molar-refractivity contribution is -0.120. The smallest absolute Gasteiger partial charge is 0.253 e. The van der Waals surface area contributed by atoms with E-state index in [-0.39, 0.29) is 17.7 Å². The molecule has 0 fully saturated rings. The Morgan fingerprint density at radius 2 is 2.12 bits per heavy atom. The first kappa shape index (κ1) is 14.9. The molecule has 0 bridgehead atoms. The van der Waals surface area contributed by atoms with Gasteiger partial charge in [0.1, 0.15) is 18.4 Å². The monoisotopic (exact) mass is 322 g/mol. The van der Waals surface area contributed by atoms with Gasteiger partial charge in [-0.3, -0.25) is 10.1 Å². The minimum absolute atomic E-state index is 0.0953. The maximum absolute atomic E-state index is 12.1. The predicted octanol–water partition coefficient (Wildman–Crippen LogP) is 0.657. The molecular formula is C17H18N6O. The number of fused-ring (bicyclic) bond motifs is 2. The summed E-state index contributed by atoms with van der Waals surface area (Å²) >= 11 is 0. The van der Waals surface area contributed by atoms with Crippen molar-refractivity contribution in [2.45, 2.75) is 24.5 Å². The van der Waals surface area contributed by atoms with Crippen molar-refractivity contribution in [3.63, 3.8) is 0 Å². The number of nitrogens with two attached hydrogens (primary N) is 1. The first-order valence-electron chi connectivity index (χ1n) is 8.00. The van der Waals surface area contributed by atoms with Gasteiger partial charge in [0.2, 0.25) is 5.91 Å². The molecule has 24 heavy (non-hydrogen) atoms. The van der Waals surface area contributed by atoms with Crippen LogP contribution in [-0.4, -0.2) is 42.8 Å². The van der Waals surface area contributed by atoms with Crippen LogP contribution in [0.2, 0.25) is 0 Å². The zero-order valence-corrected chi connectivity index (χ0v) is 13.1. The molecule has 0 saturated carbocycles. The maximum atomic E-state index is 12.1. The number of aliphatic imine (C=N–C) groups is 4. The third kappa shape index (κ3) is 2.37. The number of amides is 1. The van der Waals surface area contributed by atoms with Crippen molar-refractivity contribution in [1.82, 2.24) is 5.32 Å². The molecule has 3 unspecified atom stereocenters. The Kier molecular flexibility index (Phi) is 3.57. The van der Waals surface area contributed by atoms with E-state index in [1.807, 2.05) is 18.2 Å². The van der Waals surface area contributed by atoms with E-state index in [9.17, 15) is 4.79 Å². The van der Waals surface area contributed by atoms with Gasteiger partial charge in [0.05, 0.1) is 12.1 Å². The molecule has 1 aromatic carbocycles. The topological polar surface area (TPSA) is 105 Å². The molecule has 1 aromatic rings. The molecule has 1 aliphatic carbocycles. The Labute approximate surface area is 139 Å². The van der Waals surface area contributed by atoms with Gasteiger partial charge in [-0.05, 0) is 29.9 Å². The Morgan fingerprint density at radius 3 is 3.00 bits per heavy atom. The van der Waals surface area contributed by atoms with Crippen LogP contribution in [0.3, 0.4) is 0 Å². The normalized spacial score (nSPS) is 29.9. The summed E-state index contributed by atoms with van der Waals surface area (Å²) in [5, 5.41) is 3.36. The van der Waals surface area contributed by atoms with Crippen LogP contribution < -0.4 is 11.1 Å². The Bertz CT molecular complexity index is 796. The molecule has 3 N–H and O–H groups in total. The van der Waals surface area contributed by atoms with E-state index in [0.29, 0.717) is 12.3 Å². The quantitative estimate of drug-likeness (QED) is 0.850. The zero-order chi connectivity index (χ0) is 16.6. The fraction of sp³-hybridized carbons (Fsp3) is 0.353. The molecule has 3 atom stereocenters. The van der Waals surface area contributed by atoms with Crippen LogP contribution in [0.25, 0.3) is 0 Å². The molecule has 0 aromatic heterocycles. The second kappa shape index (κ2) is 5.76. The number of carbonyl (C=O) groups excluding carboxylic acids is 1.